The third-order valence-corrected chi connectivity index (χ3v) is 4.11. The number of hydrazone groups is 1. The second-order valence-corrected chi connectivity index (χ2v) is 6.22. The molecule has 0 aliphatic rings. The minimum absolute atomic E-state index is 0.335. The van der Waals surface area contributed by atoms with Gasteiger partial charge in [-0.3, -0.25) is 9.89 Å². The first-order chi connectivity index (χ1) is 14.3. The predicted molar refractivity (Wildman–Crippen MR) is 112 cm³/mol. The van der Waals surface area contributed by atoms with Gasteiger partial charge in [0.15, 0.2) is 0 Å². The monoisotopic (exact) mass is 382 g/mol. The largest absolute Gasteiger partial charge is 0.457 e. The van der Waals surface area contributed by atoms with Gasteiger partial charge in [0.1, 0.15) is 17.2 Å². The van der Waals surface area contributed by atoms with E-state index in [-0.39, 0.29) is 5.91 Å². The van der Waals surface area contributed by atoms with Gasteiger partial charge in [-0.25, -0.2) is 5.43 Å². The van der Waals surface area contributed by atoms with Gasteiger partial charge in [0.05, 0.1) is 11.9 Å². The highest BCUT2D eigenvalue weighted by atomic mass is 16.5. The lowest BCUT2D eigenvalue weighted by Gasteiger charge is -2.05. The number of benzene rings is 3. The number of H-pyrrole nitrogens is 1. The number of para-hydroxylation sites is 1. The maximum atomic E-state index is 12.3. The number of carbonyl (C=O) groups is 1. The zero-order valence-corrected chi connectivity index (χ0v) is 15.4. The highest BCUT2D eigenvalue weighted by Crippen LogP contribution is 2.21. The quantitative estimate of drug-likeness (QED) is 0.377. The van der Waals surface area contributed by atoms with E-state index in [1.165, 1.54) is 0 Å². The van der Waals surface area contributed by atoms with Crippen LogP contribution in [0.1, 0.15) is 16.1 Å². The van der Waals surface area contributed by atoms with Crippen LogP contribution in [0.25, 0.3) is 11.3 Å². The van der Waals surface area contributed by atoms with E-state index in [2.05, 4.69) is 20.7 Å². The van der Waals surface area contributed by atoms with Gasteiger partial charge < -0.3 is 4.74 Å². The third kappa shape index (κ3) is 4.75. The average Bonchev–Trinajstić information content (AvgIpc) is 3.26. The van der Waals surface area contributed by atoms with E-state index in [1.807, 2.05) is 84.9 Å². The zero-order valence-electron chi connectivity index (χ0n) is 15.4. The molecular formula is C23H18N4O2. The van der Waals surface area contributed by atoms with Crippen molar-refractivity contribution < 1.29 is 9.53 Å². The molecule has 3 aromatic carbocycles. The lowest BCUT2D eigenvalue weighted by Crippen LogP contribution is -2.18. The summed E-state index contributed by atoms with van der Waals surface area (Å²) in [5, 5.41) is 10.9. The summed E-state index contributed by atoms with van der Waals surface area (Å²) in [6.45, 7) is 0. The van der Waals surface area contributed by atoms with E-state index >= 15 is 0 Å². The number of amides is 1. The van der Waals surface area contributed by atoms with Crippen LogP contribution in [0.4, 0.5) is 0 Å². The Balaban J connectivity index is 1.38. The molecule has 0 bridgehead atoms. The molecule has 0 aliphatic heterocycles. The average molecular weight is 382 g/mol. The maximum absolute atomic E-state index is 12.3. The maximum Gasteiger partial charge on any atom is 0.289 e. The molecule has 29 heavy (non-hydrogen) atoms. The van der Waals surface area contributed by atoms with E-state index in [9.17, 15) is 4.79 Å². The van der Waals surface area contributed by atoms with Crippen LogP contribution in [-0.4, -0.2) is 22.3 Å². The van der Waals surface area contributed by atoms with Gasteiger partial charge >= 0.3 is 0 Å². The molecule has 0 unspecified atom stereocenters. The van der Waals surface area contributed by atoms with Crippen molar-refractivity contribution in [3.63, 3.8) is 0 Å². The smallest absolute Gasteiger partial charge is 0.289 e. The van der Waals surface area contributed by atoms with Gasteiger partial charge in [-0.1, -0.05) is 60.7 Å². The van der Waals surface area contributed by atoms with Gasteiger partial charge in [-0.15, -0.1) is 0 Å². The molecule has 2 N–H and O–H groups in total. The van der Waals surface area contributed by atoms with E-state index < -0.39 is 0 Å². The van der Waals surface area contributed by atoms with Crippen LogP contribution in [0.5, 0.6) is 11.5 Å². The Morgan fingerprint density at radius 2 is 1.62 bits per heavy atom. The normalized spacial score (nSPS) is 10.8. The molecule has 0 fully saturated rings. The Morgan fingerprint density at radius 3 is 2.41 bits per heavy atom. The minimum Gasteiger partial charge on any atom is -0.457 e. The standard InChI is InChI=1S/C23H18N4O2/c28-23(22-15-21(25-26-22)18-9-3-1-4-10-18)27-24-16-17-8-7-13-20(14-17)29-19-11-5-2-6-12-19/h1-16H,(H,25,26)(H,27,28). The van der Waals surface area contributed by atoms with Crippen molar-refractivity contribution in [2.75, 3.05) is 0 Å². The molecule has 0 atom stereocenters. The fourth-order valence-electron chi connectivity index (χ4n) is 2.70. The summed E-state index contributed by atoms with van der Waals surface area (Å²) >= 11 is 0. The first kappa shape index (κ1) is 18.2. The van der Waals surface area contributed by atoms with Crippen LogP contribution < -0.4 is 10.2 Å². The molecule has 0 saturated carbocycles. The van der Waals surface area contributed by atoms with E-state index in [4.69, 9.17) is 4.74 Å². The molecule has 0 spiro atoms. The molecular weight excluding hydrogens is 364 g/mol. The van der Waals surface area contributed by atoms with Crippen molar-refractivity contribution in [3.05, 3.63) is 102 Å². The third-order valence-electron chi connectivity index (χ3n) is 4.11. The summed E-state index contributed by atoms with van der Waals surface area (Å²) in [5.74, 6) is 1.07. The molecule has 0 aliphatic carbocycles. The number of hydrogen-bond acceptors (Lipinski definition) is 4. The van der Waals surface area contributed by atoms with Crippen molar-refractivity contribution in [2.24, 2.45) is 5.10 Å². The first-order valence-corrected chi connectivity index (χ1v) is 9.05. The number of ether oxygens (including phenoxy) is 1. The Kier molecular flexibility index (Phi) is 5.43. The summed E-state index contributed by atoms with van der Waals surface area (Å²) in [7, 11) is 0. The van der Waals surface area contributed by atoms with Crippen molar-refractivity contribution in [1.82, 2.24) is 15.6 Å². The lowest BCUT2D eigenvalue weighted by atomic mass is 10.1. The number of aromatic nitrogens is 2. The summed E-state index contributed by atoms with van der Waals surface area (Å²) in [6.07, 6.45) is 1.56. The minimum atomic E-state index is -0.368. The second-order valence-electron chi connectivity index (χ2n) is 6.22. The molecule has 1 aromatic heterocycles. The first-order valence-electron chi connectivity index (χ1n) is 9.05. The Bertz CT molecular complexity index is 1120. The van der Waals surface area contributed by atoms with Crippen molar-refractivity contribution in [1.29, 1.82) is 0 Å². The Labute approximate surface area is 167 Å². The fourth-order valence-corrected chi connectivity index (χ4v) is 2.70. The summed E-state index contributed by atoms with van der Waals surface area (Å²) in [4.78, 5) is 12.3. The number of hydrogen-bond donors (Lipinski definition) is 2. The lowest BCUT2D eigenvalue weighted by molar-refractivity contribution is 0.0950. The number of aromatic amines is 1. The van der Waals surface area contributed by atoms with Gasteiger partial charge in [0.25, 0.3) is 5.91 Å². The van der Waals surface area contributed by atoms with E-state index in [0.717, 1.165) is 16.9 Å². The van der Waals surface area contributed by atoms with Crippen LogP contribution in [0.2, 0.25) is 0 Å². The van der Waals surface area contributed by atoms with Crippen molar-refractivity contribution >= 4 is 12.1 Å². The molecule has 0 saturated heterocycles. The van der Waals surface area contributed by atoms with Crippen LogP contribution in [0.3, 0.4) is 0 Å². The van der Waals surface area contributed by atoms with Crippen LogP contribution in [-0.2, 0) is 0 Å². The van der Waals surface area contributed by atoms with Crippen LogP contribution in [0, 0.1) is 0 Å². The fraction of sp³-hybridized carbons (Fsp3) is 0. The van der Waals surface area contributed by atoms with Crippen LogP contribution >= 0.6 is 0 Å². The second kappa shape index (κ2) is 8.67. The zero-order chi connectivity index (χ0) is 19.9. The highest BCUT2D eigenvalue weighted by Gasteiger charge is 2.10. The van der Waals surface area contributed by atoms with Gasteiger partial charge in [0.2, 0.25) is 0 Å². The Hall–Kier alpha value is -4.19. The Morgan fingerprint density at radius 1 is 0.897 bits per heavy atom. The predicted octanol–water partition coefficient (Wildman–Crippen LogP) is 4.63. The molecule has 0 radical (unpaired) electrons. The van der Waals surface area contributed by atoms with E-state index in [0.29, 0.717) is 17.1 Å². The molecule has 142 valence electrons. The summed E-state index contributed by atoms with van der Waals surface area (Å²) < 4.78 is 5.80. The number of nitrogens with one attached hydrogen (secondary N) is 2. The van der Waals surface area contributed by atoms with Gasteiger partial charge in [-0.2, -0.15) is 10.2 Å². The molecule has 1 amide bonds. The SMILES string of the molecule is O=C(NN=Cc1cccc(Oc2ccccc2)c1)c1cc(-c2ccccc2)n[nH]1. The molecule has 1 heterocycles. The molecule has 4 aromatic rings. The molecule has 6 heteroatoms. The highest BCUT2D eigenvalue weighted by molar-refractivity contribution is 5.94. The number of rotatable bonds is 6. The van der Waals surface area contributed by atoms with Crippen molar-refractivity contribution in [2.45, 2.75) is 0 Å². The van der Waals surface area contributed by atoms with Gasteiger partial charge in [-0.05, 0) is 35.9 Å². The molecule has 4 rings (SSSR count). The van der Waals surface area contributed by atoms with Gasteiger partial charge in [0, 0.05) is 5.56 Å². The van der Waals surface area contributed by atoms with Crippen LogP contribution in [0.15, 0.2) is 96.1 Å². The summed E-state index contributed by atoms with van der Waals surface area (Å²) in [5.41, 5.74) is 5.27. The molecule has 6 nitrogen and oxygen atoms in total. The van der Waals surface area contributed by atoms with E-state index in [1.54, 1.807) is 12.3 Å². The topological polar surface area (TPSA) is 79.4 Å². The summed E-state index contributed by atoms with van der Waals surface area (Å²) in [6, 6.07) is 28.3. The number of carbonyl (C=O) groups excluding carboxylic acids is 1. The van der Waals surface area contributed by atoms with Crippen molar-refractivity contribution in [3.8, 4) is 22.8 Å². The number of nitrogens with zero attached hydrogens (tertiary/aromatic N) is 2.